The number of sulfonamides is 1. The molecule has 2 N–H and O–H groups in total. The number of hydrogen-bond donors (Lipinski definition) is 1. The van der Waals surface area contributed by atoms with Crippen LogP contribution in [0.1, 0.15) is 45.4 Å². The highest BCUT2D eigenvalue weighted by Crippen LogP contribution is 2.26. The zero-order chi connectivity index (χ0) is 15.3. The van der Waals surface area contributed by atoms with Crippen molar-refractivity contribution in [2.45, 2.75) is 58.0 Å². The molecule has 1 heterocycles. The van der Waals surface area contributed by atoms with Crippen LogP contribution in [-0.4, -0.2) is 25.3 Å². The first-order valence-corrected chi connectivity index (χ1v) is 9.48. The normalized spacial score (nSPS) is 12.8. The molecule has 1 aromatic rings. The van der Waals surface area contributed by atoms with Crippen LogP contribution in [0.25, 0.3) is 0 Å². The molecule has 0 fully saturated rings. The molecule has 0 spiro atoms. The third kappa shape index (κ3) is 4.04. The topological polar surface area (TPSA) is 63.4 Å². The lowest BCUT2D eigenvalue weighted by molar-refractivity contribution is 0.277. The van der Waals surface area contributed by atoms with Gasteiger partial charge in [-0.2, -0.15) is 4.31 Å². The summed E-state index contributed by atoms with van der Waals surface area (Å²) >= 11 is 1.41. The second kappa shape index (κ2) is 7.54. The smallest absolute Gasteiger partial charge is 0.244 e. The standard InChI is InChI=1S/C14H26N2O2S2/c1-5-12(6-2)16(9-11(3)4)20(17,18)14-7-13(8-15)19-10-14/h7,10-12H,5-6,8-9,15H2,1-4H3. The van der Waals surface area contributed by atoms with E-state index in [9.17, 15) is 8.42 Å². The molecule has 0 saturated carbocycles. The summed E-state index contributed by atoms with van der Waals surface area (Å²) in [6.07, 6.45) is 1.66. The number of rotatable bonds is 8. The Morgan fingerprint density at radius 1 is 1.30 bits per heavy atom. The van der Waals surface area contributed by atoms with Crippen molar-refractivity contribution in [1.29, 1.82) is 0 Å². The quantitative estimate of drug-likeness (QED) is 0.801. The van der Waals surface area contributed by atoms with Gasteiger partial charge in [-0.15, -0.1) is 11.3 Å². The van der Waals surface area contributed by atoms with Crippen molar-refractivity contribution in [2.24, 2.45) is 11.7 Å². The second-order valence-electron chi connectivity index (χ2n) is 5.39. The highest BCUT2D eigenvalue weighted by Gasteiger charge is 2.30. The fraction of sp³-hybridized carbons (Fsp3) is 0.714. The van der Waals surface area contributed by atoms with Crippen molar-refractivity contribution in [1.82, 2.24) is 4.31 Å². The monoisotopic (exact) mass is 318 g/mol. The van der Waals surface area contributed by atoms with Gasteiger partial charge in [-0.25, -0.2) is 8.42 Å². The molecule has 0 bridgehead atoms. The molecule has 0 saturated heterocycles. The van der Waals surface area contributed by atoms with E-state index in [1.165, 1.54) is 11.3 Å². The SMILES string of the molecule is CCC(CC)N(CC(C)C)S(=O)(=O)c1csc(CN)c1. The van der Waals surface area contributed by atoms with Crippen LogP contribution < -0.4 is 5.73 Å². The summed E-state index contributed by atoms with van der Waals surface area (Å²) in [6, 6.07) is 1.76. The molecule has 0 unspecified atom stereocenters. The van der Waals surface area contributed by atoms with Gasteiger partial charge in [0.25, 0.3) is 0 Å². The first kappa shape index (κ1) is 17.6. The Morgan fingerprint density at radius 2 is 1.90 bits per heavy atom. The Hall–Kier alpha value is -0.430. The van der Waals surface area contributed by atoms with Crippen LogP contribution in [0.3, 0.4) is 0 Å². The number of nitrogens with two attached hydrogens (primary N) is 1. The van der Waals surface area contributed by atoms with E-state index in [0.29, 0.717) is 23.9 Å². The number of thiophene rings is 1. The van der Waals surface area contributed by atoms with E-state index in [1.54, 1.807) is 15.8 Å². The minimum absolute atomic E-state index is 0.0589. The first-order chi connectivity index (χ1) is 9.36. The Balaban J connectivity index is 3.15. The zero-order valence-electron chi connectivity index (χ0n) is 12.8. The van der Waals surface area contributed by atoms with Crippen LogP contribution in [0.2, 0.25) is 0 Å². The van der Waals surface area contributed by atoms with E-state index < -0.39 is 10.0 Å². The van der Waals surface area contributed by atoms with Crippen LogP contribution in [0.5, 0.6) is 0 Å². The van der Waals surface area contributed by atoms with Crippen molar-refractivity contribution in [2.75, 3.05) is 6.54 Å². The molecule has 0 aliphatic rings. The number of hydrogen-bond acceptors (Lipinski definition) is 4. The molecule has 20 heavy (non-hydrogen) atoms. The molecule has 116 valence electrons. The minimum atomic E-state index is -3.42. The van der Waals surface area contributed by atoms with Gasteiger partial charge in [-0.3, -0.25) is 0 Å². The maximum absolute atomic E-state index is 12.8. The van der Waals surface area contributed by atoms with Crippen molar-refractivity contribution in [3.63, 3.8) is 0 Å². The molecule has 0 aromatic carbocycles. The summed E-state index contributed by atoms with van der Waals surface area (Å²) in [6.45, 7) is 9.11. The molecular formula is C14H26N2O2S2. The molecule has 1 aromatic heterocycles. The van der Waals surface area contributed by atoms with Crippen molar-refractivity contribution >= 4 is 21.4 Å². The van der Waals surface area contributed by atoms with E-state index in [-0.39, 0.29) is 6.04 Å². The highest BCUT2D eigenvalue weighted by molar-refractivity contribution is 7.89. The lowest BCUT2D eigenvalue weighted by atomic mass is 10.1. The third-order valence-electron chi connectivity index (χ3n) is 3.33. The van der Waals surface area contributed by atoms with Crippen LogP contribution >= 0.6 is 11.3 Å². The number of nitrogens with zero attached hydrogens (tertiary/aromatic N) is 1. The lowest BCUT2D eigenvalue weighted by Crippen LogP contribution is -2.41. The van der Waals surface area contributed by atoms with Crippen LogP contribution in [0, 0.1) is 5.92 Å². The first-order valence-electron chi connectivity index (χ1n) is 7.16. The second-order valence-corrected chi connectivity index (χ2v) is 8.28. The predicted octanol–water partition coefficient (Wildman–Crippen LogP) is 3.04. The van der Waals surface area contributed by atoms with Gasteiger partial charge in [0.15, 0.2) is 0 Å². The molecule has 0 aliphatic carbocycles. The molecule has 0 radical (unpaired) electrons. The Bertz CT molecular complexity index is 505. The van der Waals surface area contributed by atoms with E-state index in [2.05, 4.69) is 0 Å². The average molecular weight is 319 g/mol. The molecule has 0 atom stereocenters. The van der Waals surface area contributed by atoms with Gasteiger partial charge in [-0.05, 0) is 24.8 Å². The summed E-state index contributed by atoms with van der Waals surface area (Å²) in [5.41, 5.74) is 5.58. The van der Waals surface area contributed by atoms with Crippen LogP contribution in [-0.2, 0) is 16.6 Å². The van der Waals surface area contributed by atoms with Gasteiger partial charge in [0, 0.05) is 29.4 Å². The summed E-state index contributed by atoms with van der Waals surface area (Å²) in [7, 11) is -3.42. The van der Waals surface area contributed by atoms with Crippen LogP contribution in [0.4, 0.5) is 0 Å². The average Bonchev–Trinajstić information content (AvgIpc) is 2.88. The Morgan fingerprint density at radius 3 is 2.30 bits per heavy atom. The van der Waals surface area contributed by atoms with Gasteiger partial charge in [0.2, 0.25) is 10.0 Å². The Kier molecular flexibility index (Phi) is 6.64. The fourth-order valence-electron chi connectivity index (χ4n) is 2.24. The van der Waals surface area contributed by atoms with E-state index in [4.69, 9.17) is 5.73 Å². The molecule has 0 aliphatic heterocycles. The minimum Gasteiger partial charge on any atom is -0.326 e. The summed E-state index contributed by atoms with van der Waals surface area (Å²) in [5, 5.41) is 1.70. The van der Waals surface area contributed by atoms with Crippen molar-refractivity contribution in [3.05, 3.63) is 16.3 Å². The van der Waals surface area contributed by atoms with Gasteiger partial charge < -0.3 is 5.73 Å². The van der Waals surface area contributed by atoms with Crippen LogP contribution in [0.15, 0.2) is 16.3 Å². The lowest BCUT2D eigenvalue weighted by Gasteiger charge is -2.30. The third-order valence-corrected chi connectivity index (χ3v) is 6.34. The maximum Gasteiger partial charge on any atom is 0.244 e. The summed E-state index contributed by atoms with van der Waals surface area (Å²) < 4.78 is 27.4. The maximum atomic E-state index is 12.8. The summed E-state index contributed by atoms with van der Waals surface area (Å²) in [4.78, 5) is 1.29. The van der Waals surface area contributed by atoms with E-state index in [0.717, 1.165) is 17.7 Å². The molecule has 0 amide bonds. The van der Waals surface area contributed by atoms with E-state index in [1.807, 2.05) is 27.7 Å². The van der Waals surface area contributed by atoms with Gasteiger partial charge >= 0.3 is 0 Å². The predicted molar refractivity (Wildman–Crippen MR) is 85.3 cm³/mol. The molecule has 4 nitrogen and oxygen atoms in total. The van der Waals surface area contributed by atoms with E-state index >= 15 is 0 Å². The highest BCUT2D eigenvalue weighted by atomic mass is 32.2. The van der Waals surface area contributed by atoms with Crippen molar-refractivity contribution in [3.8, 4) is 0 Å². The van der Waals surface area contributed by atoms with Gasteiger partial charge in [-0.1, -0.05) is 27.7 Å². The molecule has 1 rings (SSSR count). The zero-order valence-corrected chi connectivity index (χ0v) is 14.4. The largest absolute Gasteiger partial charge is 0.326 e. The fourth-order valence-corrected chi connectivity index (χ4v) is 5.32. The van der Waals surface area contributed by atoms with Gasteiger partial charge in [0.1, 0.15) is 0 Å². The summed E-state index contributed by atoms with van der Waals surface area (Å²) in [5.74, 6) is 0.304. The van der Waals surface area contributed by atoms with Gasteiger partial charge in [0.05, 0.1) is 4.90 Å². The molecular weight excluding hydrogens is 292 g/mol. The van der Waals surface area contributed by atoms with Crippen molar-refractivity contribution < 1.29 is 8.42 Å². The molecule has 6 heteroatoms. The Labute approximate surface area is 127 Å².